The maximum atomic E-state index is 12.7. The zero-order chi connectivity index (χ0) is 17.2. The maximum absolute atomic E-state index is 12.7. The molecule has 4 heteroatoms. The molecular formula is C19H29NO2Si. The SMILES string of the molecule is CN1C(=O)[C@@H]2[C@@H]3CCCC3=C/C(=C\[Si](C)(C)C(C)(C)C)[C@@H]2C1=O. The summed E-state index contributed by atoms with van der Waals surface area (Å²) in [6.07, 6.45) is 5.59. The van der Waals surface area contributed by atoms with Crippen LogP contribution in [0.2, 0.25) is 18.1 Å². The molecule has 0 aromatic carbocycles. The van der Waals surface area contributed by atoms with Crippen molar-refractivity contribution >= 4 is 19.9 Å². The summed E-state index contributed by atoms with van der Waals surface area (Å²) in [5.74, 6) is -0.0109. The molecular weight excluding hydrogens is 302 g/mol. The van der Waals surface area contributed by atoms with Crippen molar-refractivity contribution in [1.82, 2.24) is 4.90 Å². The van der Waals surface area contributed by atoms with E-state index in [0.29, 0.717) is 5.92 Å². The molecule has 3 rings (SSSR count). The topological polar surface area (TPSA) is 37.4 Å². The fourth-order valence-electron chi connectivity index (χ4n) is 4.15. The Morgan fingerprint density at radius 3 is 2.48 bits per heavy atom. The van der Waals surface area contributed by atoms with Gasteiger partial charge in [-0.05, 0) is 35.8 Å². The first-order valence-electron chi connectivity index (χ1n) is 8.79. The zero-order valence-electron chi connectivity index (χ0n) is 15.3. The molecule has 0 aromatic rings. The summed E-state index contributed by atoms with van der Waals surface area (Å²) in [6.45, 7) is 11.6. The monoisotopic (exact) mass is 331 g/mol. The molecule has 3 aliphatic rings. The van der Waals surface area contributed by atoms with E-state index in [1.165, 1.54) is 10.5 Å². The number of amides is 2. The summed E-state index contributed by atoms with van der Waals surface area (Å²) in [6, 6.07) is 0. The molecule has 0 N–H and O–H groups in total. The Bertz CT molecular complexity index is 624. The second-order valence-corrected chi connectivity index (χ2v) is 14.3. The summed E-state index contributed by atoms with van der Waals surface area (Å²) in [5, 5.41) is 0.234. The largest absolute Gasteiger partial charge is 0.285 e. The third-order valence-electron chi connectivity index (χ3n) is 6.63. The molecule has 0 spiro atoms. The lowest BCUT2D eigenvalue weighted by Gasteiger charge is -2.37. The van der Waals surface area contributed by atoms with Crippen molar-refractivity contribution < 1.29 is 9.59 Å². The van der Waals surface area contributed by atoms with Crippen LogP contribution in [-0.2, 0) is 9.59 Å². The van der Waals surface area contributed by atoms with Gasteiger partial charge in [0.2, 0.25) is 11.8 Å². The van der Waals surface area contributed by atoms with Gasteiger partial charge in [0.1, 0.15) is 0 Å². The standard InChI is InChI=1S/C19H29NO2Si/c1-19(2,3)23(5,6)11-13-10-12-8-7-9-14(12)16-15(13)17(21)20(4)18(16)22/h10-11,14-16H,7-9H2,1-6H3/b13-11+/t14-,15+,16-/m1/s1. The van der Waals surface area contributed by atoms with Gasteiger partial charge in [0, 0.05) is 7.05 Å². The average molecular weight is 332 g/mol. The second kappa shape index (κ2) is 5.17. The lowest BCUT2D eigenvalue weighted by Crippen LogP contribution is -2.38. The predicted molar refractivity (Wildman–Crippen MR) is 95.5 cm³/mol. The normalized spacial score (nSPS) is 33.1. The number of carbonyl (C=O) groups is 2. The molecule has 2 aliphatic carbocycles. The highest BCUT2D eigenvalue weighted by Crippen LogP contribution is 2.51. The van der Waals surface area contributed by atoms with E-state index in [2.05, 4.69) is 45.6 Å². The van der Waals surface area contributed by atoms with Gasteiger partial charge in [0.15, 0.2) is 0 Å². The molecule has 0 aromatic heterocycles. The molecule has 2 fully saturated rings. The van der Waals surface area contributed by atoms with Crippen LogP contribution in [0.15, 0.2) is 22.9 Å². The van der Waals surface area contributed by atoms with E-state index >= 15 is 0 Å². The highest BCUT2D eigenvalue weighted by atomic mass is 28.3. The molecule has 0 radical (unpaired) electrons. The highest BCUT2D eigenvalue weighted by Gasteiger charge is 2.54. The number of likely N-dealkylation sites (tertiary alicyclic amines) is 1. The van der Waals surface area contributed by atoms with Crippen molar-refractivity contribution in [3.8, 4) is 0 Å². The summed E-state index contributed by atoms with van der Waals surface area (Å²) < 4.78 is 0. The van der Waals surface area contributed by atoms with Crippen molar-refractivity contribution in [1.29, 1.82) is 0 Å². The Morgan fingerprint density at radius 1 is 1.22 bits per heavy atom. The number of rotatable bonds is 1. The first-order chi connectivity index (χ1) is 10.5. The molecule has 2 amide bonds. The Labute approximate surface area is 140 Å². The van der Waals surface area contributed by atoms with Crippen LogP contribution >= 0.6 is 0 Å². The lowest BCUT2D eigenvalue weighted by molar-refractivity contribution is -0.138. The van der Waals surface area contributed by atoms with E-state index in [9.17, 15) is 9.59 Å². The number of fused-ring (bicyclic) bond motifs is 3. The van der Waals surface area contributed by atoms with E-state index in [1.54, 1.807) is 7.05 Å². The molecule has 23 heavy (non-hydrogen) atoms. The van der Waals surface area contributed by atoms with Gasteiger partial charge >= 0.3 is 0 Å². The van der Waals surface area contributed by atoms with Crippen LogP contribution in [0.5, 0.6) is 0 Å². The quantitative estimate of drug-likeness (QED) is 0.539. The van der Waals surface area contributed by atoms with Crippen molar-refractivity contribution in [3.05, 3.63) is 22.9 Å². The van der Waals surface area contributed by atoms with Crippen molar-refractivity contribution in [2.24, 2.45) is 17.8 Å². The lowest BCUT2D eigenvalue weighted by atomic mass is 9.72. The van der Waals surface area contributed by atoms with E-state index in [-0.39, 0.29) is 28.7 Å². The van der Waals surface area contributed by atoms with E-state index < -0.39 is 8.07 Å². The Kier molecular flexibility index (Phi) is 3.75. The van der Waals surface area contributed by atoms with Gasteiger partial charge in [-0.2, -0.15) is 0 Å². The van der Waals surface area contributed by atoms with Crippen LogP contribution in [0.3, 0.4) is 0 Å². The van der Waals surface area contributed by atoms with Crippen LogP contribution in [0, 0.1) is 17.8 Å². The molecule has 1 aliphatic heterocycles. The summed E-state index contributed by atoms with van der Waals surface area (Å²) in [4.78, 5) is 26.8. The minimum absolute atomic E-state index is 0.00663. The zero-order valence-corrected chi connectivity index (χ0v) is 16.3. The third-order valence-corrected chi connectivity index (χ3v) is 11.6. The van der Waals surface area contributed by atoms with Gasteiger partial charge in [-0.1, -0.05) is 51.2 Å². The fraction of sp³-hybridized carbons (Fsp3) is 0.684. The molecule has 126 valence electrons. The number of imide groups is 1. The first kappa shape index (κ1) is 16.7. The first-order valence-corrected chi connectivity index (χ1v) is 11.9. The van der Waals surface area contributed by atoms with E-state index in [0.717, 1.165) is 24.8 Å². The van der Waals surface area contributed by atoms with Gasteiger partial charge < -0.3 is 0 Å². The Morgan fingerprint density at radius 2 is 1.87 bits per heavy atom. The number of carbonyl (C=O) groups excluding carboxylic acids is 2. The maximum Gasteiger partial charge on any atom is 0.237 e. The van der Waals surface area contributed by atoms with Crippen molar-refractivity contribution in [2.45, 2.75) is 58.2 Å². The molecule has 3 nitrogen and oxygen atoms in total. The molecule has 1 heterocycles. The van der Waals surface area contributed by atoms with Gasteiger partial charge in [-0.3, -0.25) is 14.5 Å². The highest BCUT2D eigenvalue weighted by molar-refractivity contribution is 6.84. The summed E-state index contributed by atoms with van der Waals surface area (Å²) in [5.41, 5.74) is 4.95. The van der Waals surface area contributed by atoms with Gasteiger partial charge in [0.05, 0.1) is 19.9 Å². The second-order valence-electron chi connectivity index (χ2n) is 9.07. The predicted octanol–water partition coefficient (Wildman–Crippen LogP) is 3.93. The Hall–Kier alpha value is -1.16. The van der Waals surface area contributed by atoms with Crippen LogP contribution in [-0.4, -0.2) is 31.8 Å². The number of nitrogens with zero attached hydrogens (tertiary/aromatic N) is 1. The molecule has 0 bridgehead atoms. The number of allylic oxidation sites excluding steroid dienone is 2. The van der Waals surface area contributed by atoms with Gasteiger partial charge in [-0.25, -0.2) is 0 Å². The molecule has 1 saturated carbocycles. The smallest absolute Gasteiger partial charge is 0.237 e. The summed E-state index contributed by atoms with van der Waals surface area (Å²) >= 11 is 0. The fourth-order valence-corrected chi connectivity index (χ4v) is 5.68. The molecule has 3 atom stereocenters. The number of hydrogen-bond donors (Lipinski definition) is 0. The molecule has 0 unspecified atom stereocenters. The minimum Gasteiger partial charge on any atom is -0.285 e. The summed E-state index contributed by atoms with van der Waals surface area (Å²) in [7, 11) is -0.00411. The van der Waals surface area contributed by atoms with Crippen LogP contribution in [0.25, 0.3) is 0 Å². The van der Waals surface area contributed by atoms with Crippen LogP contribution in [0.1, 0.15) is 40.0 Å². The van der Waals surface area contributed by atoms with E-state index in [4.69, 9.17) is 0 Å². The average Bonchev–Trinajstić information content (AvgIpc) is 2.96. The number of hydrogen-bond acceptors (Lipinski definition) is 2. The van der Waals surface area contributed by atoms with Gasteiger partial charge in [0.25, 0.3) is 0 Å². The third kappa shape index (κ3) is 2.46. The van der Waals surface area contributed by atoms with Crippen molar-refractivity contribution in [3.63, 3.8) is 0 Å². The minimum atomic E-state index is -1.66. The Balaban J connectivity index is 2.11. The van der Waals surface area contributed by atoms with Crippen LogP contribution < -0.4 is 0 Å². The van der Waals surface area contributed by atoms with E-state index in [1.807, 2.05) is 0 Å². The van der Waals surface area contributed by atoms with Gasteiger partial charge in [-0.15, -0.1) is 0 Å². The van der Waals surface area contributed by atoms with Crippen molar-refractivity contribution in [2.75, 3.05) is 7.05 Å². The van der Waals surface area contributed by atoms with Crippen LogP contribution in [0.4, 0.5) is 0 Å². The molecule has 1 saturated heterocycles.